The molecule has 0 saturated carbocycles. The summed E-state index contributed by atoms with van der Waals surface area (Å²) in [4.78, 5) is 31.0. The van der Waals surface area contributed by atoms with Crippen molar-refractivity contribution < 1.29 is 14.3 Å². The van der Waals surface area contributed by atoms with Gasteiger partial charge in [0.25, 0.3) is 5.91 Å². The second-order valence-electron chi connectivity index (χ2n) is 7.95. The SMILES string of the molecule is Cn1ccc2c(-c3ccc(N)c4c3CN(C(=O)OC(C)(C)C)C4=O)ccnc21. The van der Waals surface area contributed by atoms with Gasteiger partial charge in [0.2, 0.25) is 0 Å². The zero-order valence-corrected chi connectivity index (χ0v) is 16.3. The van der Waals surface area contributed by atoms with E-state index in [1.54, 1.807) is 33.0 Å². The molecule has 3 heterocycles. The molecule has 0 saturated heterocycles. The van der Waals surface area contributed by atoms with E-state index in [-0.39, 0.29) is 6.54 Å². The van der Waals surface area contributed by atoms with E-state index < -0.39 is 17.6 Å². The average molecular weight is 378 g/mol. The number of nitrogen functional groups attached to an aromatic ring is 1. The number of fused-ring (bicyclic) bond motifs is 2. The number of imide groups is 1. The van der Waals surface area contributed by atoms with Gasteiger partial charge in [0, 0.05) is 30.5 Å². The van der Waals surface area contributed by atoms with Crippen molar-refractivity contribution in [1.29, 1.82) is 0 Å². The quantitative estimate of drug-likeness (QED) is 0.652. The molecule has 144 valence electrons. The number of aryl methyl sites for hydroxylation is 1. The van der Waals surface area contributed by atoms with Crippen molar-refractivity contribution in [2.24, 2.45) is 7.05 Å². The molecule has 0 bridgehead atoms. The van der Waals surface area contributed by atoms with Gasteiger partial charge < -0.3 is 15.0 Å². The summed E-state index contributed by atoms with van der Waals surface area (Å²) in [6.07, 6.45) is 3.01. The van der Waals surface area contributed by atoms with Gasteiger partial charge in [-0.3, -0.25) is 4.79 Å². The largest absolute Gasteiger partial charge is 0.443 e. The van der Waals surface area contributed by atoms with Gasteiger partial charge >= 0.3 is 6.09 Å². The van der Waals surface area contributed by atoms with E-state index >= 15 is 0 Å². The lowest BCUT2D eigenvalue weighted by Crippen LogP contribution is -2.37. The number of pyridine rings is 1. The molecule has 1 aliphatic heterocycles. The molecular formula is C21H22N4O3. The number of carbonyl (C=O) groups is 2. The highest BCUT2D eigenvalue weighted by Crippen LogP contribution is 2.38. The van der Waals surface area contributed by atoms with E-state index in [1.165, 1.54) is 0 Å². The van der Waals surface area contributed by atoms with Gasteiger partial charge in [-0.15, -0.1) is 0 Å². The molecule has 2 aromatic heterocycles. The first-order chi connectivity index (χ1) is 13.2. The highest BCUT2D eigenvalue weighted by Gasteiger charge is 2.38. The lowest BCUT2D eigenvalue weighted by atomic mass is 9.95. The normalized spacial score (nSPS) is 13.9. The fraction of sp³-hybridized carbons (Fsp3) is 0.286. The maximum absolute atomic E-state index is 12.9. The van der Waals surface area contributed by atoms with Crippen LogP contribution in [0.2, 0.25) is 0 Å². The van der Waals surface area contributed by atoms with Gasteiger partial charge in [-0.25, -0.2) is 14.7 Å². The molecule has 0 unspecified atom stereocenters. The predicted molar refractivity (Wildman–Crippen MR) is 107 cm³/mol. The van der Waals surface area contributed by atoms with Crippen LogP contribution in [0.4, 0.5) is 10.5 Å². The molecule has 7 heteroatoms. The van der Waals surface area contributed by atoms with Gasteiger partial charge in [-0.1, -0.05) is 6.07 Å². The zero-order valence-electron chi connectivity index (χ0n) is 16.3. The fourth-order valence-corrected chi connectivity index (χ4v) is 3.56. The number of carbonyl (C=O) groups excluding carboxylic acids is 2. The van der Waals surface area contributed by atoms with Gasteiger partial charge in [0.1, 0.15) is 11.2 Å². The summed E-state index contributed by atoms with van der Waals surface area (Å²) in [5, 5.41) is 0.972. The lowest BCUT2D eigenvalue weighted by molar-refractivity contribution is 0.0248. The predicted octanol–water partition coefficient (Wildman–Crippen LogP) is 3.71. The molecule has 0 aliphatic carbocycles. The molecule has 7 nitrogen and oxygen atoms in total. The van der Waals surface area contributed by atoms with E-state index in [0.29, 0.717) is 11.3 Å². The van der Waals surface area contributed by atoms with E-state index in [4.69, 9.17) is 10.5 Å². The van der Waals surface area contributed by atoms with Crippen molar-refractivity contribution in [3.8, 4) is 11.1 Å². The summed E-state index contributed by atoms with van der Waals surface area (Å²) in [6, 6.07) is 7.50. The zero-order chi connectivity index (χ0) is 20.2. The number of hydrogen-bond donors (Lipinski definition) is 1. The molecule has 0 spiro atoms. The van der Waals surface area contributed by atoms with Gasteiger partial charge in [-0.2, -0.15) is 0 Å². The highest BCUT2D eigenvalue weighted by molar-refractivity contribution is 6.12. The maximum Gasteiger partial charge on any atom is 0.417 e. The van der Waals surface area contributed by atoms with Crippen molar-refractivity contribution >= 4 is 28.7 Å². The van der Waals surface area contributed by atoms with E-state index in [9.17, 15) is 9.59 Å². The summed E-state index contributed by atoms with van der Waals surface area (Å²) in [5.74, 6) is -0.429. The van der Waals surface area contributed by atoms with Gasteiger partial charge in [-0.05, 0) is 55.7 Å². The summed E-state index contributed by atoms with van der Waals surface area (Å²) in [5.41, 5.74) is 9.51. The van der Waals surface area contributed by atoms with Gasteiger partial charge in [0.15, 0.2) is 0 Å². The number of ether oxygens (including phenoxy) is 1. The Kier molecular flexibility index (Phi) is 3.92. The van der Waals surface area contributed by atoms with Crippen LogP contribution in [0.1, 0.15) is 36.7 Å². The average Bonchev–Trinajstić information content (AvgIpc) is 3.16. The molecule has 2 N–H and O–H groups in total. The third-order valence-corrected chi connectivity index (χ3v) is 4.79. The number of amides is 2. The monoisotopic (exact) mass is 378 g/mol. The van der Waals surface area contributed by atoms with E-state index in [1.807, 2.05) is 36.0 Å². The summed E-state index contributed by atoms with van der Waals surface area (Å²) < 4.78 is 7.33. The first-order valence-electron chi connectivity index (χ1n) is 9.04. The lowest BCUT2D eigenvalue weighted by Gasteiger charge is -2.23. The second-order valence-corrected chi connectivity index (χ2v) is 7.95. The van der Waals surface area contributed by atoms with Crippen LogP contribution in [-0.4, -0.2) is 32.1 Å². The Labute approximate surface area is 162 Å². The first-order valence-corrected chi connectivity index (χ1v) is 9.04. The number of hydrogen-bond acceptors (Lipinski definition) is 5. The Hall–Kier alpha value is -3.35. The summed E-state index contributed by atoms with van der Waals surface area (Å²) in [7, 11) is 1.93. The first kappa shape index (κ1) is 18.0. The molecule has 3 aromatic rings. The van der Waals surface area contributed by atoms with Crippen LogP contribution in [0.3, 0.4) is 0 Å². The minimum Gasteiger partial charge on any atom is -0.443 e. The van der Waals surface area contributed by atoms with Crippen molar-refractivity contribution in [3.05, 3.63) is 47.8 Å². The van der Waals surface area contributed by atoms with Crippen LogP contribution in [-0.2, 0) is 18.3 Å². The number of rotatable bonds is 1. The van der Waals surface area contributed by atoms with Crippen LogP contribution >= 0.6 is 0 Å². The Morgan fingerprint density at radius 1 is 1.18 bits per heavy atom. The van der Waals surface area contributed by atoms with Crippen molar-refractivity contribution in [3.63, 3.8) is 0 Å². The Morgan fingerprint density at radius 2 is 1.93 bits per heavy atom. The summed E-state index contributed by atoms with van der Waals surface area (Å²) >= 11 is 0. The van der Waals surface area contributed by atoms with Crippen molar-refractivity contribution in [2.45, 2.75) is 32.9 Å². The maximum atomic E-state index is 12.9. The van der Waals surface area contributed by atoms with Crippen molar-refractivity contribution in [1.82, 2.24) is 14.5 Å². The van der Waals surface area contributed by atoms with Crippen molar-refractivity contribution in [2.75, 3.05) is 5.73 Å². The smallest absolute Gasteiger partial charge is 0.417 e. The Balaban J connectivity index is 1.83. The number of nitrogens with zero attached hydrogens (tertiary/aromatic N) is 3. The second kappa shape index (κ2) is 6.09. The van der Waals surface area contributed by atoms with Crippen LogP contribution in [0.25, 0.3) is 22.2 Å². The third kappa shape index (κ3) is 2.79. The summed E-state index contributed by atoms with van der Waals surface area (Å²) in [6.45, 7) is 5.42. The molecule has 4 rings (SSSR count). The molecule has 1 aliphatic rings. The molecule has 0 fully saturated rings. The minimum atomic E-state index is -0.693. The molecule has 0 atom stereocenters. The highest BCUT2D eigenvalue weighted by atomic mass is 16.6. The van der Waals surface area contributed by atoms with E-state index in [0.717, 1.165) is 32.6 Å². The third-order valence-electron chi connectivity index (χ3n) is 4.79. The van der Waals surface area contributed by atoms with Gasteiger partial charge in [0.05, 0.1) is 12.1 Å². The van der Waals surface area contributed by atoms with Crippen LogP contribution in [0, 0.1) is 0 Å². The topological polar surface area (TPSA) is 90.5 Å². The Bertz CT molecular complexity index is 1120. The molecular weight excluding hydrogens is 356 g/mol. The van der Waals surface area contributed by atoms with E-state index in [2.05, 4.69) is 4.98 Å². The van der Waals surface area contributed by atoms with Crippen LogP contribution in [0.15, 0.2) is 36.7 Å². The molecule has 0 radical (unpaired) electrons. The molecule has 2 amide bonds. The number of anilines is 1. The Morgan fingerprint density at radius 3 is 2.64 bits per heavy atom. The number of benzene rings is 1. The number of nitrogens with two attached hydrogens (primary N) is 1. The number of aromatic nitrogens is 2. The molecule has 1 aromatic carbocycles. The minimum absolute atomic E-state index is 0.125. The molecule has 28 heavy (non-hydrogen) atoms. The van der Waals surface area contributed by atoms with Crippen LogP contribution in [0.5, 0.6) is 0 Å². The van der Waals surface area contributed by atoms with Crippen LogP contribution < -0.4 is 5.73 Å². The standard InChI is InChI=1S/C21H22N4O3/c1-21(2,3)28-20(27)25-11-15-12(5-6-16(22)17(15)19(25)26)13-7-9-23-18-14(13)8-10-24(18)4/h5-10H,11,22H2,1-4H3. The fourth-order valence-electron chi connectivity index (χ4n) is 3.56.